The van der Waals surface area contributed by atoms with Crippen LogP contribution in [0.5, 0.6) is 5.88 Å². The van der Waals surface area contributed by atoms with Gasteiger partial charge < -0.3 is 20.5 Å². The first kappa shape index (κ1) is 23.9. The molecule has 10 heteroatoms. The number of hydrogen-bond donors (Lipinski definition) is 3. The van der Waals surface area contributed by atoms with Gasteiger partial charge in [0, 0.05) is 43.0 Å². The molecule has 1 fully saturated rings. The Kier molecular flexibility index (Phi) is 6.20. The van der Waals surface area contributed by atoms with Crippen LogP contribution in [0.25, 0.3) is 11.3 Å². The van der Waals surface area contributed by atoms with E-state index in [4.69, 9.17) is 4.74 Å². The van der Waals surface area contributed by atoms with Gasteiger partial charge in [0.2, 0.25) is 11.8 Å². The summed E-state index contributed by atoms with van der Waals surface area (Å²) in [7, 11) is 1.85. The topological polar surface area (TPSA) is 119 Å². The molecule has 2 aliphatic heterocycles. The number of benzene rings is 1. The van der Waals surface area contributed by atoms with Crippen molar-refractivity contribution in [3.63, 3.8) is 0 Å². The number of fused-ring (bicyclic) bond motifs is 1. The van der Waals surface area contributed by atoms with E-state index in [2.05, 4.69) is 31.7 Å². The number of aliphatic hydroxyl groups excluding tert-OH is 1. The van der Waals surface area contributed by atoms with Crippen molar-refractivity contribution >= 4 is 17.3 Å². The monoisotopic (exact) mass is 489 g/mol. The lowest BCUT2D eigenvalue weighted by atomic mass is 9.83. The Morgan fingerprint density at radius 1 is 1.33 bits per heavy atom. The van der Waals surface area contributed by atoms with Crippen LogP contribution < -0.4 is 15.4 Å². The second-order valence-corrected chi connectivity index (χ2v) is 9.78. The molecule has 3 aromatic rings. The maximum absolute atomic E-state index is 14.4. The van der Waals surface area contributed by atoms with Gasteiger partial charge in [-0.3, -0.25) is 4.90 Å². The van der Waals surface area contributed by atoms with Gasteiger partial charge in [0.15, 0.2) is 6.17 Å². The number of likely N-dealkylation sites (N-methyl/N-ethyl adjacent to an activating group) is 1. The number of rotatable bonds is 6. The predicted molar refractivity (Wildman–Crippen MR) is 134 cm³/mol. The van der Waals surface area contributed by atoms with Gasteiger partial charge >= 0.3 is 0 Å². The second kappa shape index (κ2) is 9.33. The summed E-state index contributed by atoms with van der Waals surface area (Å²) in [5.41, 5.74) is 4.43. The fourth-order valence-electron chi connectivity index (χ4n) is 4.67. The SMILES string of the molecule is Cc1cnc(OC2CN(C)CC2F)c(Nc2nccc(-c3cc(C#N)c4c(c3)C(C)(CO)CN4)n2)c1. The quantitative estimate of drug-likeness (QED) is 0.480. The summed E-state index contributed by atoms with van der Waals surface area (Å²) in [6.07, 6.45) is 1.59. The van der Waals surface area contributed by atoms with E-state index in [-0.39, 0.29) is 12.5 Å². The number of nitrogens with zero attached hydrogens (tertiary/aromatic N) is 5. The van der Waals surface area contributed by atoms with E-state index in [1.807, 2.05) is 37.9 Å². The third kappa shape index (κ3) is 4.43. The molecule has 2 aliphatic rings. The Morgan fingerprint density at radius 2 is 2.17 bits per heavy atom. The molecule has 0 radical (unpaired) electrons. The smallest absolute Gasteiger partial charge is 0.238 e. The van der Waals surface area contributed by atoms with Gasteiger partial charge in [0.1, 0.15) is 17.9 Å². The number of ether oxygens (including phenoxy) is 1. The van der Waals surface area contributed by atoms with E-state index in [9.17, 15) is 14.8 Å². The van der Waals surface area contributed by atoms with E-state index >= 15 is 0 Å². The molecular formula is C26H28FN7O2. The standard InChI is InChI=1S/C26H28FN7O2/c1-15-6-21(24(30-10-15)36-22-12-34(3)11-19(22)27)33-25-29-5-4-20(32-25)16-7-17(9-28)23-18(8-16)26(2,14-35)13-31-23/h4-8,10,19,22,31,35H,11-14H2,1-3H3,(H,29,32,33). The lowest BCUT2D eigenvalue weighted by molar-refractivity contribution is 0.134. The second-order valence-electron chi connectivity index (χ2n) is 9.78. The molecule has 1 saturated heterocycles. The number of aromatic nitrogens is 3. The lowest BCUT2D eigenvalue weighted by Crippen LogP contribution is -2.28. The zero-order valence-electron chi connectivity index (χ0n) is 20.4. The lowest BCUT2D eigenvalue weighted by Gasteiger charge is -2.21. The number of nitriles is 1. The minimum atomic E-state index is -1.10. The van der Waals surface area contributed by atoms with Crippen molar-refractivity contribution in [1.29, 1.82) is 5.26 Å². The number of hydrogen-bond acceptors (Lipinski definition) is 9. The number of halogens is 1. The summed E-state index contributed by atoms with van der Waals surface area (Å²) in [4.78, 5) is 15.3. The van der Waals surface area contributed by atoms with Crippen molar-refractivity contribution in [1.82, 2.24) is 19.9 Å². The molecule has 2 aromatic heterocycles. The first-order valence-corrected chi connectivity index (χ1v) is 11.8. The molecule has 186 valence electrons. The number of aliphatic hydroxyl groups is 1. The number of nitrogens with one attached hydrogen (secondary N) is 2. The van der Waals surface area contributed by atoms with E-state index < -0.39 is 17.7 Å². The number of anilines is 3. The first-order chi connectivity index (χ1) is 17.3. The van der Waals surface area contributed by atoms with E-state index in [0.29, 0.717) is 42.5 Å². The van der Waals surface area contributed by atoms with Crippen molar-refractivity contribution < 1.29 is 14.2 Å². The van der Waals surface area contributed by atoms with Crippen molar-refractivity contribution in [2.24, 2.45) is 0 Å². The van der Waals surface area contributed by atoms with Crippen LogP contribution >= 0.6 is 0 Å². The van der Waals surface area contributed by atoms with Crippen molar-refractivity contribution in [3.05, 3.63) is 53.3 Å². The number of pyridine rings is 1. The fourth-order valence-corrected chi connectivity index (χ4v) is 4.67. The summed E-state index contributed by atoms with van der Waals surface area (Å²) in [5.74, 6) is 0.596. The highest BCUT2D eigenvalue weighted by atomic mass is 19.1. The van der Waals surface area contributed by atoms with Crippen LogP contribution in [0.4, 0.5) is 21.7 Å². The Bertz CT molecular complexity index is 1340. The summed E-state index contributed by atoms with van der Waals surface area (Å²) in [6.45, 7) is 5.16. The molecule has 0 aliphatic carbocycles. The van der Waals surface area contributed by atoms with Gasteiger partial charge in [-0.25, -0.2) is 19.3 Å². The Balaban J connectivity index is 1.46. The average Bonchev–Trinajstić information content (AvgIpc) is 3.38. The zero-order chi connectivity index (χ0) is 25.4. The van der Waals surface area contributed by atoms with Crippen molar-refractivity contribution in [2.75, 3.05) is 43.9 Å². The van der Waals surface area contributed by atoms with Gasteiger partial charge in [0.05, 0.1) is 23.6 Å². The molecule has 9 nitrogen and oxygen atoms in total. The molecule has 3 N–H and O–H groups in total. The van der Waals surface area contributed by atoms with Gasteiger partial charge in [-0.05, 0) is 49.4 Å². The largest absolute Gasteiger partial charge is 0.468 e. The molecule has 0 saturated carbocycles. The minimum Gasteiger partial charge on any atom is -0.468 e. The van der Waals surface area contributed by atoms with Crippen LogP contribution in [0.1, 0.15) is 23.6 Å². The summed E-state index contributed by atoms with van der Waals surface area (Å²) in [5, 5.41) is 26.1. The molecule has 4 heterocycles. The van der Waals surface area contributed by atoms with Crippen LogP contribution in [0.15, 0.2) is 36.7 Å². The van der Waals surface area contributed by atoms with E-state index in [1.165, 1.54) is 0 Å². The Hall–Kier alpha value is -3.81. The molecule has 5 rings (SSSR count). The van der Waals surface area contributed by atoms with Gasteiger partial charge in [0.25, 0.3) is 0 Å². The van der Waals surface area contributed by atoms with Crippen LogP contribution in [0.2, 0.25) is 0 Å². The van der Waals surface area contributed by atoms with Crippen molar-refractivity contribution in [3.8, 4) is 23.2 Å². The molecule has 36 heavy (non-hydrogen) atoms. The van der Waals surface area contributed by atoms with Crippen molar-refractivity contribution in [2.45, 2.75) is 31.5 Å². The van der Waals surface area contributed by atoms with Gasteiger partial charge in [-0.15, -0.1) is 0 Å². The molecule has 0 spiro atoms. The molecular weight excluding hydrogens is 461 g/mol. The summed E-state index contributed by atoms with van der Waals surface area (Å²) >= 11 is 0. The third-order valence-electron chi connectivity index (χ3n) is 6.74. The van der Waals surface area contributed by atoms with Crippen LogP contribution in [-0.4, -0.2) is 70.5 Å². The minimum absolute atomic E-state index is 0.0441. The highest BCUT2D eigenvalue weighted by Crippen LogP contribution is 2.41. The Morgan fingerprint density at radius 3 is 2.89 bits per heavy atom. The summed E-state index contributed by atoms with van der Waals surface area (Å²) < 4.78 is 20.3. The molecule has 1 aromatic carbocycles. The zero-order valence-corrected chi connectivity index (χ0v) is 20.4. The first-order valence-electron chi connectivity index (χ1n) is 11.8. The van der Waals surface area contributed by atoms with Gasteiger partial charge in [-0.2, -0.15) is 5.26 Å². The number of likely N-dealkylation sites (tertiary alicyclic amines) is 1. The fraction of sp³-hybridized carbons (Fsp3) is 0.385. The molecule has 3 atom stereocenters. The molecule has 3 unspecified atom stereocenters. The predicted octanol–water partition coefficient (Wildman–Crippen LogP) is 3.17. The number of alkyl halides is 1. The van der Waals surface area contributed by atoms with Crippen LogP contribution in [-0.2, 0) is 5.41 Å². The highest BCUT2D eigenvalue weighted by Gasteiger charge is 2.36. The average molecular weight is 490 g/mol. The summed E-state index contributed by atoms with van der Waals surface area (Å²) in [6, 6.07) is 9.60. The Labute approximate surface area is 209 Å². The maximum atomic E-state index is 14.4. The van der Waals surface area contributed by atoms with Gasteiger partial charge in [-0.1, -0.05) is 6.92 Å². The van der Waals surface area contributed by atoms with Crippen LogP contribution in [0, 0.1) is 18.3 Å². The van der Waals surface area contributed by atoms with Crippen LogP contribution in [0.3, 0.4) is 0 Å². The molecule has 0 bridgehead atoms. The van der Waals surface area contributed by atoms with E-state index in [0.717, 1.165) is 22.4 Å². The molecule has 0 amide bonds. The third-order valence-corrected chi connectivity index (χ3v) is 6.74. The normalized spacial score (nSPS) is 23.1. The highest BCUT2D eigenvalue weighted by molar-refractivity contribution is 5.76. The number of aryl methyl sites for hydroxylation is 1. The van der Waals surface area contributed by atoms with E-state index in [1.54, 1.807) is 24.5 Å². The maximum Gasteiger partial charge on any atom is 0.238 e.